The van der Waals surface area contributed by atoms with Crippen molar-refractivity contribution in [2.24, 2.45) is 0 Å². The van der Waals surface area contributed by atoms with Crippen molar-refractivity contribution in [1.82, 2.24) is 4.98 Å². The molecule has 1 aliphatic rings. The Morgan fingerprint density at radius 3 is 2.57 bits per heavy atom. The Morgan fingerprint density at radius 2 is 1.83 bits per heavy atom. The van der Waals surface area contributed by atoms with E-state index < -0.39 is 9.84 Å². The number of sulfone groups is 1. The SMILES string of the molecule is COCCOCc1cc(NC2CCS(=O)(=O)CC2)c2[nH]c(-c3ccccc3)cc2c1. The summed E-state index contributed by atoms with van der Waals surface area (Å²) < 4.78 is 34.4. The van der Waals surface area contributed by atoms with Crippen LogP contribution < -0.4 is 5.32 Å². The molecule has 0 atom stereocenters. The van der Waals surface area contributed by atoms with Gasteiger partial charge >= 0.3 is 0 Å². The maximum Gasteiger partial charge on any atom is 0.150 e. The fourth-order valence-electron chi connectivity index (χ4n) is 3.86. The van der Waals surface area contributed by atoms with Gasteiger partial charge in [0.2, 0.25) is 0 Å². The summed E-state index contributed by atoms with van der Waals surface area (Å²) in [6.07, 6.45) is 1.26. The van der Waals surface area contributed by atoms with Crippen LogP contribution in [0.3, 0.4) is 0 Å². The molecule has 0 bridgehead atoms. The smallest absolute Gasteiger partial charge is 0.150 e. The number of rotatable bonds is 8. The zero-order valence-electron chi connectivity index (χ0n) is 17.2. The fourth-order valence-corrected chi connectivity index (χ4v) is 5.35. The summed E-state index contributed by atoms with van der Waals surface area (Å²) in [5, 5.41) is 4.70. The molecular formula is C23H28N2O4S. The zero-order chi connectivity index (χ0) is 21.0. The van der Waals surface area contributed by atoms with Crippen LogP contribution >= 0.6 is 0 Å². The maximum absolute atomic E-state index is 11.8. The number of hydrogen-bond acceptors (Lipinski definition) is 5. The average Bonchev–Trinajstić information content (AvgIpc) is 3.18. The van der Waals surface area contributed by atoms with Crippen molar-refractivity contribution in [2.45, 2.75) is 25.5 Å². The summed E-state index contributed by atoms with van der Waals surface area (Å²) >= 11 is 0. The number of ether oxygens (including phenoxy) is 2. The maximum atomic E-state index is 11.8. The minimum absolute atomic E-state index is 0.143. The van der Waals surface area contributed by atoms with Gasteiger partial charge in [0.25, 0.3) is 0 Å². The molecule has 160 valence electrons. The highest BCUT2D eigenvalue weighted by molar-refractivity contribution is 7.91. The Bertz CT molecular complexity index is 1080. The van der Waals surface area contributed by atoms with Crippen molar-refractivity contribution in [3.8, 4) is 11.3 Å². The lowest BCUT2D eigenvalue weighted by Gasteiger charge is -2.24. The van der Waals surface area contributed by atoms with Crippen LogP contribution in [-0.4, -0.2) is 51.3 Å². The van der Waals surface area contributed by atoms with Gasteiger partial charge in [-0.3, -0.25) is 0 Å². The van der Waals surface area contributed by atoms with Crippen molar-refractivity contribution in [1.29, 1.82) is 0 Å². The van der Waals surface area contributed by atoms with Gasteiger partial charge in [-0.25, -0.2) is 8.42 Å². The molecule has 0 unspecified atom stereocenters. The first kappa shape index (κ1) is 20.9. The number of benzene rings is 2. The average molecular weight is 429 g/mol. The van der Waals surface area contributed by atoms with Crippen LogP contribution in [0.2, 0.25) is 0 Å². The van der Waals surface area contributed by atoms with E-state index in [1.807, 2.05) is 18.2 Å². The predicted molar refractivity (Wildman–Crippen MR) is 121 cm³/mol. The first-order chi connectivity index (χ1) is 14.5. The fraction of sp³-hybridized carbons (Fsp3) is 0.391. The molecule has 2 N–H and O–H groups in total. The molecule has 0 spiro atoms. The summed E-state index contributed by atoms with van der Waals surface area (Å²) in [7, 11) is -1.23. The molecule has 30 heavy (non-hydrogen) atoms. The van der Waals surface area contributed by atoms with Gasteiger partial charge in [-0.15, -0.1) is 0 Å². The summed E-state index contributed by atoms with van der Waals surface area (Å²) in [4.78, 5) is 3.55. The third-order valence-electron chi connectivity index (χ3n) is 5.49. The normalized spacial score (nSPS) is 16.7. The van der Waals surface area contributed by atoms with Crippen molar-refractivity contribution >= 4 is 26.4 Å². The molecule has 1 aliphatic heterocycles. The molecule has 0 radical (unpaired) electrons. The zero-order valence-corrected chi connectivity index (χ0v) is 18.0. The number of anilines is 1. The Labute approximate surface area is 177 Å². The quantitative estimate of drug-likeness (QED) is 0.531. The van der Waals surface area contributed by atoms with Crippen molar-refractivity contribution in [3.05, 3.63) is 54.1 Å². The van der Waals surface area contributed by atoms with Crippen molar-refractivity contribution in [3.63, 3.8) is 0 Å². The number of hydrogen-bond donors (Lipinski definition) is 2. The molecule has 0 amide bonds. The largest absolute Gasteiger partial charge is 0.382 e. The van der Waals surface area contributed by atoms with E-state index in [0.29, 0.717) is 32.7 Å². The second-order valence-corrected chi connectivity index (χ2v) is 10.1. The predicted octanol–water partition coefficient (Wildman–Crippen LogP) is 3.99. The third-order valence-corrected chi connectivity index (χ3v) is 7.20. The van der Waals surface area contributed by atoms with Crippen LogP contribution in [0.15, 0.2) is 48.5 Å². The van der Waals surface area contributed by atoms with Crippen LogP contribution in [-0.2, 0) is 25.9 Å². The topological polar surface area (TPSA) is 80.4 Å². The number of fused-ring (bicyclic) bond motifs is 1. The Morgan fingerprint density at radius 1 is 1.07 bits per heavy atom. The van der Waals surface area contributed by atoms with E-state index in [4.69, 9.17) is 9.47 Å². The number of H-pyrrole nitrogens is 1. The molecule has 1 aromatic heterocycles. The second-order valence-electron chi connectivity index (χ2n) is 7.77. The highest BCUT2D eigenvalue weighted by Gasteiger charge is 2.24. The molecule has 2 aromatic carbocycles. The van der Waals surface area contributed by atoms with Crippen molar-refractivity contribution in [2.75, 3.05) is 37.1 Å². The lowest BCUT2D eigenvalue weighted by atomic mass is 10.1. The van der Waals surface area contributed by atoms with Crippen LogP contribution in [0.5, 0.6) is 0 Å². The number of aromatic amines is 1. The van der Waals surface area contributed by atoms with Gasteiger partial charge in [-0.1, -0.05) is 30.3 Å². The van der Waals surface area contributed by atoms with Gasteiger partial charge in [0.1, 0.15) is 9.84 Å². The number of methoxy groups -OCH3 is 1. The van der Waals surface area contributed by atoms with Crippen LogP contribution in [0.1, 0.15) is 18.4 Å². The molecule has 1 saturated heterocycles. The van der Waals surface area contributed by atoms with Gasteiger partial charge in [-0.2, -0.15) is 0 Å². The van der Waals surface area contributed by atoms with E-state index in [1.54, 1.807) is 7.11 Å². The second kappa shape index (κ2) is 9.20. The summed E-state index contributed by atoms with van der Waals surface area (Å²) in [6.45, 7) is 1.60. The standard InChI is InChI=1S/C23H28N2O4S/c1-28-9-10-29-16-17-13-19-15-21(18-5-3-2-4-6-18)25-23(19)22(14-17)24-20-7-11-30(26,27)12-8-20/h2-6,13-15,20,24-25H,7-12,16H2,1H3. The van der Waals surface area contributed by atoms with E-state index in [1.165, 1.54) is 0 Å². The van der Waals surface area contributed by atoms with Crippen LogP contribution in [0, 0.1) is 0 Å². The summed E-state index contributed by atoms with van der Waals surface area (Å²) in [5.41, 5.74) is 5.27. The molecule has 0 aliphatic carbocycles. The lowest BCUT2D eigenvalue weighted by Crippen LogP contribution is -2.32. The Balaban J connectivity index is 1.63. The monoisotopic (exact) mass is 428 g/mol. The first-order valence-electron chi connectivity index (χ1n) is 10.3. The molecule has 4 rings (SSSR count). The number of aromatic nitrogens is 1. The number of nitrogens with one attached hydrogen (secondary N) is 2. The highest BCUT2D eigenvalue weighted by atomic mass is 32.2. The summed E-state index contributed by atoms with van der Waals surface area (Å²) in [5.74, 6) is 0.487. The highest BCUT2D eigenvalue weighted by Crippen LogP contribution is 2.32. The lowest BCUT2D eigenvalue weighted by molar-refractivity contribution is 0.0617. The van der Waals surface area contributed by atoms with Gasteiger partial charge < -0.3 is 19.8 Å². The minimum atomic E-state index is -2.89. The van der Waals surface area contributed by atoms with E-state index in [2.05, 4.69) is 40.6 Å². The Kier molecular flexibility index (Phi) is 6.41. The van der Waals surface area contributed by atoms with E-state index in [-0.39, 0.29) is 17.5 Å². The van der Waals surface area contributed by atoms with Gasteiger partial charge in [-0.05, 0) is 42.2 Å². The summed E-state index contributed by atoms with van der Waals surface area (Å²) in [6, 6.07) is 16.8. The van der Waals surface area contributed by atoms with Crippen LogP contribution in [0.4, 0.5) is 5.69 Å². The first-order valence-corrected chi connectivity index (χ1v) is 12.1. The Hall–Kier alpha value is -2.35. The molecule has 7 heteroatoms. The van der Waals surface area contributed by atoms with Crippen molar-refractivity contribution < 1.29 is 17.9 Å². The molecular weight excluding hydrogens is 400 g/mol. The van der Waals surface area contributed by atoms with E-state index >= 15 is 0 Å². The van der Waals surface area contributed by atoms with Gasteiger partial charge in [0.05, 0.1) is 42.5 Å². The minimum Gasteiger partial charge on any atom is -0.382 e. The van der Waals surface area contributed by atoms with Gasteiger partial charge in [0, 0.05) is 24.2 Å². The van der Waals surface area contributed by atoms with E-state index in [9.17, 15) is 8.42 Å². The molecule has 3 aromatic rings. The van der Waals surface area contributed by atoms with Crippen LogP contribution in [0.25, 0.3) is 22.2 Å². The molecule has 1 fully saturated rings. The molecule has 6 nitrogen and oxygen atoms in total. The van der Waals surface area contributed by atoms with Gasteiger partial charge in [0.15, 0.2) is 0 Å². The molecule has 0 saturated carbocycles. The van der Waals surface area contributed by atoms with E-state index in [0.717, 1.165) is 33.4 Å². The molecule has 2 heterocycles. The third kappa shape index (κ3) is 5.03.